The Hall–Kier alpha value is -1.50. The van der Waals surface area contributed by atoms with Gasteiger partial charge in [0.05, 0.1) is 12.2 Å². The average molecular weight is 364 g/mol. The first kappa shape index (κ1) is 15.9. The second kappa shape index (κ2) is 5.71. The number of hydrogen-bond donors (Lipinski definition) is 2. The molecule has 4 atom stereocenters. The van der Waals surface area contributed by atoms with E-state index >= 15 is 0 Å². The van der Waals surface area contributed by atoms with E-state index in [0.29, 0.717) is 0 Å². The summed E-state index contributed by atoms with van der Waals surface area (Å²) in [6, 6.07) is 0. The number of aliphatic hydroxyl groups excluding tert-OH is 1. The summed E-state index contributed by atoms with van der Waals surface area (Å²) in [4.78, 5) is 17.7. The molecule has 0 saturated carbocycles. The molecule has 0 spiro atoms. The molecule has 2 heterocycles. The molecule has 4 unspecified atom stereocenters. The summed E-state index contributed by atoms with van der Waals surface area (Å²) in [7, 11) is 0. The number of rotatable bonds is 2. The van der Waals surface area contributed by atoms with Crippen molar-refractivity contribution >= 4 is 21.7 Å². The second-order valence-corrected chi connectivity index (χ2v) is 5.10. The minimum absolute atomic E-state index is 0.127. The maximum absolute atomic E-state index is 14.2. The fourth-order valence-corrected chi connectivity index (χ4v) is 2.28. The lowest BCUT2D eigenvalue weighted by Crippen LogP contribution is -2.40. The van der Waals surface area contributed by atoms with Crippen LogP contribution >= 0.6 is 15.9 Å². The summed E-state index contributed by atoms with van der Waals surface area (Å²) in [6.45, 7) is 0.253. The number of hydrogen-bond acceptors (Lipinski definition) is 5. The Balaban J connectivity index is 2.49. The van der Waals surface area contributed by atoms with E-state index in [1.165, 1.54) is 0 Å². The normalized spacial score (nSPS) is 31.8. The molecule has 0 amide bonds. The number of aliphatic hydroxyl groups is 1. The molecular formula is C12H12BrF2N3O3. The van der Waals surface area contributed by atoms with Gasteiger partial charge in [0.25, 0.3) is 0 Å². The van der Waals surface area contributed by atoms with Gasteiger partial charge in [-0.25, -0.2) is 13.6 Å². The minimum atomic E-state index is -2.43. The van der Waals surface area contributed by atoms with E-state index in [4.69, 9.17) is 15.6 Å². The number of aromatic nitrogens is 2. The highest BCUT2D eigenvalue weighted by Crippen LogP contribution is 2.41. The maximum atomic E-state index is 14.2. The third-order valence-electron chi connectivity index (χ3n) is 3.33. The predicted molar refractivity (Wildman–Crippen MR) is 74.1 cm³/mol. The van der Waals surface area contributed by atoms with Crippen molar-refractivity contribution in [3.8, 4) is 10.8 Å². The molecule has 114 valence electrons. The van der Waals surface area contributed by atoms with Crippen molar-refractivity contribution in [3.63, 3.8) is 0 Å². The van der Waals surface area contributed by atoms with Crippen LogP contribution in [-0.4, -0.2) is 39.2 Å². The third-order valence-corrected chi connectivity index (χ3v) is 3.52. The van der Waals surface area contributed by atoms with Gasteiger partial charge in [0.1, 0.15) is 11.9 Å². The van der Waals surface area contributed by atoms with Crippen LogP contribution in [0.4, 0.5) is 14.6 Å². The van der Waals surface area contributed by atoms with Crippen LogP contribution in [-0.2, 0) is 4.74 Å². The summed E-state index contributed by atoms with van der Waals surface area (Å²) in [5.74, 6) is 2.40. The van der Waals surface area contributed by atoms with Gasteiger partial charge in [0.2, 0.25) is 0 Å². The molecule has 0 bridgehead atoms. The van der Waals surface area contributed by atoms with Crippen LogP contribution in [0.2, 0.25) is 0 Å². The molecule has 0 radical (unpaired) electrons. The van der Waals surface area contributed by atoms with E-state index in [1.54, 1.807) is 0 Å². The van der Waals surface area contributed by atoms with Crippen LogP contribution in [0.3, 0.4) is 0 Å². The van der Waals surface area contributed by atoms with Crippen molar-refractivity contribution in [1.29, 1.82) is 0 Å². The van der Waals surface area contributed by atoms with Crippen LogP contribution in [0.5, 0.6) is 0 Å². The molecule has 9 heteroatoms. The number of ether oxygens (including phenoxy) is 1. The van der Waals surface area contributed by atoms with Crippen molar-refractivity contribution in [1.82, 2.24) is 9.55 Å². The zero-order valence-corrected chi connectivity index (χ0v) is 12.5. The SMILES string of the molecule is CC1(F)C(CO)OC(n2cc(C#CBr)c(N)nc2=O)C1F. The van der Waals surface area contributed by atoms with Crippen molar-refractivity contribution in [2.24, 2.45) is 0 Å². The maximum Gasteiger partial charge on any atom is 0.351 e. The van der Waals surface area contributed by atoms with Crippen molar-refractivity contribution in [3.05, 3.63) is 22.2 Å². The fourth-order valence-electron chi connectivity index (χ4n) is 2.07. The van der Waals surface area contributed by atoms with Gasteiger partial charge in [-0.2, -0.15) is 4.98 Å². The molecule has 1 saturated heterocycles. The monoisotopic (exact) mass is 363 g/mol. The molecule has 2 rings (SSSR count). The molecule has 1 aliphatic rings. The van der Waals surface area contributed by atoms with Crippen molar-refractivity contribution < 1.29 is 18.6 Å². The highest BCUT2D eigenvalue weighted by Gasteiger charge is 2.56. The Morgan fingerprint density at radius 1 is 1.71 bits per heavy atom. The molecule has 1 aromatic heterocycles. The van der Waals surface area contributed by atoms with E-state index in [9.17, 15) is 13.6 Å². The number of nitrogen functional groups attached to an aromatic ring is 1. The molecule has 1 fully saturated rings. The van der Waals surface area contributed by atoms with Crippen LogP contribution < -0.4 is 11.4 Å². The molecule has 21 heavy (non-hydrogen) atoms. The Kier molecular flexibility index (Phi) is 4.32. The van der Waals surface area contributed by atoms with E-state index in [2.05, 4.69) is 31.7 Å². The van der Waals surface area contributed by atoms with Crippen LogP contribution in [0.15, 0.2) is 11.0 Å². The number of nitrogens with two attached hydrogens (primary N) is 1. The zero-order valence-electron chi connectivity index (χ0n) is 10.9. The van der Waals surface area contributed by atoms with E-state index in [-0.39, 0.29) is 11.4 Å². The van der Waals surface area contributed by atoms with Gasteiger partial charge in [0, 0.05) is 22.1 Å². The standard InChI is InChI=1S/C12H12BrF2N3O3/c1-12(15)7(5-19)21-10(8(12)14)18-4-6(2-3-13)9(16)17-11(18)20/h4,7-8,10,19H,5H2,1H3,(H2,16,17,20). The summed E-state index contributed by atoms with van der Waals surface area (Å²) in [5, 5.41) is 9.05. The number of halogens is 3. The van der Waals surface area contributed by atoms with E-state index in [0.717, 1.165) is 17.7 Å². The van der Waals surface area contributed by atoms with Gasteiger partial charge in [-0.05, 0) is 17.7 Å². The lowest BCUT2D eigenvalue weighted by atomic mass is 9.98. The van der Waals surface area contributed by atoms with Crippen molar-refractivity contribution in [2.45, 2.75) is 31.1 Å². The molecule has 6 nitrogen and oxygen atoms in total. The number of anilines is 1. The van der Waals surface area contributed by atoms with Crippen molar-refractivity contribution in [2.75, 3.05) is 12.3 Å². The molecule has 1 aliphatic heterocycles. The minimum Gasteiger partial charge on any atom is -0.394 e. The summed E-state index contributed by atoms with van der Waals surface area (Å²) in [6.07, 6.45) is -3.93. The first-order valence-corrected chi connectivity index (χ1v) is 6.71. The summed E-state index contributed by atoms with van der Waals surface area (Å²) < 4.78 is 34.3. The van der Waals surface area contributed by atoms with E-state index in [1.807, 2.05) is 0 Å². The lowest BCUT2D eigenvalue weighted by Gasteiger charge is -2.20. The Labute approximate surface area is 127 Å². The van der Waals surface area contributed by atoms with Crippen LogP contribution in [0, 0.1) is 10.8 Å². The van der Waals surface area contributed by atoms with Crippen LogP contribution in [0.25, 0.3) is 0 Å². The Morgan fingerprint density at radius 2 is 2.38 bits per heavy atom. The molecule has 3 N–H and O–H groups in total. The summed E-state index contributed by atoms with van der Waals surface area (Å²) in [5.41, 5.74) is 2.36. The topological polar surface area (TPSA) is 90.4 Å². The second-order valence-electron chi connectivity index (χ2n) is 4.70. The number of nitrogens with zero attached hydrogens (tertiary/aromatic N) is 2. The highest BCUT2D eigenvalue weighted by molar-refractivity contribution is 9.12. The molecule has 0 aromatic carbocycles. The number of alkyl halides is 2. The van der Waals surface area contributed by atoms with Gasteiger partial charge in [0.15, 0.2) is 18.1 Å². The van der Waals surface area contributed by atoms with Gasteiger partial charge in [-0.1, -0.05) is 0 Å². The van der Waals surface area contributed by atoms with Gasteiger partial charge in [-0.3, -0.25) is 4.57 Å². The van der Waals surface area contributed by atoms with Crippen LogP contribution in [0.1, 0.15) is 18.7 Å². The average Bonchev–Trinajstić information content (AvgIpc) is 2.64. The first-order chi connectivity index (χ1) is 9.82. The lowest BCUT2D eigenvalue weighted by molar-refractivity contribution is -0.0532. The zero-order chi connectivity index (χ0) is 15.8. The van der Waals surface area contributed by atoms with Gasteiger partial charge in [-0.15, -0.1) is 0 Å². The summed E-state index contributed by atoms with van der Waals surface area (Å²) >= 11 is 2.87. The Morgan fingerprint density at radius 3 is 2.90 bits per heavy atom. The smallest absolute Gasteiger partial charge is 0.351 e. The predicted octanol–water partition coefficient (Wildman–Crippen LogP) is 0.485. The van der Waals surface area contributed by atoms with Gasteiger partial charge >= 0.3 is 5.69 Å². The molecular weight excluding hydrogens is 352 g/mol. The highest BCUT2D eigenvalue weighted by atomic mass is 79.9. The molecule has 1 aromatic rings. The third kappa shape index (κ3) is 2.66. The largest absolute Gasteiger partial charge is 0.394 e. The Bertz CT molecular complexity index is 668. The quantitative estimate of drug-likeness (QED) is 0.746. The first-order valence-electron chi connectivity index (χ1n) is 5.92. The fraction of sp³-hybridized carbons (Fsp3) is 0.500. The van der Waals surface area contributed by atoms with Gasteiger partial charge < -0.3 is 15.6 Å². The van der Waals surface area contributed by atoms with E-state index < -0.39 is 36.5 Å². The molecule has 0 aliphatic carbocycles.